The lowest BCUT2D eigenvalue weighted by molar-refractivity contribution is 0.152. The molecule has 2 N–H and O–H groups in total. The van der Waals surface area contributed by atoms with Crippen LogP contribution in [0, 0.1) is 0 Å². The molecular formula is C23H33N7O3. The molecule has 2 aliphatic rings. The van der Waals surface area contributed by atoms with Gasteiger partial charge in [0.1, 0.15) is 17.3 Å². The number of nitrogens with one attached hydrogen (secondary N) is 2. The summed E-state index contributed by atoms with van der Waals surface area (Å²) in [6.07, 6.45) is 3.95. The first kappa shape index (κ1) is 23.1. The molecule has 0 unspecified atom stereocenters. The zero-order chi connectivity index (χ0) is 23.2. The summed E-state index contributed by atoms with van der Waals surface area (Å²) in [5, 5.41) is 6.16. The normalized spacial score (nSPS) is 16.8. The average Bonchev–Trinajstić information content (AvgIpc) is 2.84. The topological polar surface area (TPSA) is 95.1 Å². The molecule has 1 aromatic heterocycles. The number of fused-ring (bicyclic) bond motifs is 1. The van der Waals surface area contributed by atoms with E-state index in [0.29, 0.717) is 35.5 Å². The van der Waals surface area contributed by atoms with Gasteiger partial charge in [0.15, 0.2) is 0 Å². The maximum atomic E-state index is 12.8. The van der Waals surface area contributed by atoms with E-state index in [4.69, 9.17) is 9.47 Å². The number of methoxy groups -OCH3 is 2. The van der Waals surface area contributed by atoms with Gasteiger partial charge < -0.3 is 24.6 Å². The highest BCUT2D eigenvalue weighted by Crippen LogP contribution is 2.32. The SMILES string of the molecule is COc1cc(OC)cc(N2Cc3cnc(NCCCCN4CCN(C)CC4)nc3NC2=O)c1. The monoisotopic (exact) mass is 455 g/mol. The van der Waals surface area contributed by atoms with Crippen molar-refractivity contribution in [3.8, 4) is 11.5 Å². The lowest BCUT2D eigenvalue weighted by Gasteiger charge is -2.32. The maximum absolute atomic E-state index is 12.8. The average molecular weight is 456 g/mol. The molecule has 0 bridgehead atoms. The van der Waals surface area contributed by atoms with Gasteiger partial charge in [-0.25, -0.2) is 9.78 Å². The van der Waals surface area contributed by atoms with Crippen LogP contribution < -0.4 is 25.0 Å². The number of urea groups is 1. The van der Waals surface area contributed by atoms with Crippen LogP contribution in [0.4, 0.5) is 22.2 Å². The van der Waals surface area contributed by atoms with Gasteiger partial charge in [-0.1, -0.05) is 0 Å². The van der Waals surface area contributed by atoms with Crippen molar-refractivity contribution in [3.05, 3.63) is 30.0 Å². The fourth-order valence-corrected chi connectivity index (χ4v) is 4.02. The minimum Gasteiger partial charge on any atom is -0.497 e. The van der Waals surface area contributed by atoms with Gasteiger partial charge in [0.2, 0.25) is 5.95 Å². The van der Waals surface area contributed by atoms with Crippen LogP contribution in [0.15, 0.2) is 24.4 Å². The quantitative estimate of drug-likeness (QED) is 0.557. The van der Waals surface area contributed by atoms with Gasteiger partial charge in [0, 0.05) is 62.7 Å². The van der Waals surface area contributed by atoms with Crippen molar-refractivity contribution in [2.24, 2.45) is 0 Å². The number of unbranched alkanes of at least 4 members (excludes halogenated alkanes) is 1. The second kappa shape index (κ2) is 10.7. The fourth-order valence-electron chi connectivity index (χ4n) is 4.02. The number of piperazine rings is 1. The summed E-state index contributed by atoms with van der Waals surface area (Å²) in [6, 6.07) is 5.11. The number of nitrogens with zero attached hydrogens (tertiary/aromatic N) is 5. The number of hydrogen-bond acceptors (Lipinski definition) is 8. The Morgan fingerprint density at radius 2 is 1.79 bits per heavy atom. The van der Waals surface area contributed by atoms with Gasteiger partial charge in [0.05, 0.1) is 26.5 Å². The second-order valence-corrected chi connectivity index (χ2v) is 8.43. The molecule has 10 nitrogen and oxygen atoms in total. The fraction of sp³-hybridized carbons (Fsp3) is 0.522. The molecular weight excluding hydrogens is 422 g/mol. The molecule has 0 atom stereocenters. The summed E-state index contributed by atoms with van der Waals surface area (Å²) in [4.78, 5) is 28.2. The van der Waals surface area contributed by atoms with Crippen LogP contribution in [0.25, 0.3) is 0 Å². The van der Waals surface area contributed by atoms with Gasteiger partial charge in [-0.2, -0.15) is 4.98 Å². The molecule has 2 amide bonds. The van der Waals surface area contributed by atoms with Crippen molar-refractivity contribution >= 4 is 23.5 Å². The third-order valence-electron chi connectivity index (χ3n) is 6.09. The van der Waals surface area contributed by atoms with Gasteiger partial charge in [0.25, 0.3) is 0 Å². The number of ether oxygens (including phenoxy) is 2. The van der Waals surface area contributed by atoms with Crippen LogP contribution >= 0.6 is 0 Å². The van der Waals surface area contributed by atoms with E-state index in [9.17, 15) is 4.79 Å². The molecule has 2 aromatic rings. The lowest BCUT2D eigenvalue weighted by Crippen LogP contribution is -2.44. The van der Waals surface area contributed by atoms with Crippen molar-refractivity contribution in [1.29, 1.82) is 0 Å². The smallest absolute Gasteiger partial charge is 0.327 e. The highest BCUT2D eigenvalue weighted by Gasteiger charge is 2.26. The predicted octanol–water partition coefficient (Wildman–Crippen LogP) is 2.49. The van der Waals surface area contributed by atoms with Crippen molar-refractivity contribution in [2.75, 3.05) is 76.1 Å². The van der Waals surface area contributed by atoms with Crippen molar-refractivity contribution < 1.29 is 14.3 Å². The van der Waals surface area contributed by atoms with E-state index in [1.165, 1.54) is 0 Å². The van der Waals surface area contributed by atoms with E-state index in [0.717, 1.165) is 57.7 Å². The highest BCUT2D eigenvalue weighted by molar-refractivity contribution is 6.03. The van der Waals surface area contributed by atoms with E-state index < -0.39 is 0 Å². The van der Waals surface area contributed by atoms with Crippen LogP contribution in [-0.4, -0.2) is 86.3 Å². The van der Waals surface area contributed by atoms with E-state index in [1.54, 1.807) is 43.5 Å². The maximum Gasteiger partial charge on any atom is 0.327 e. The van der Waals surface area contributed by atoms with Gasteiger partial charge in [-0.3, -0.25) is 10.2 Å². The van der Waals surface area contributed by atoms with Crippen molar-refractivity contribution in [1.82, 2.24) is 19.8 Å². The molecule has 1 saturated heterocycles. The Morgan fingerprint density at radius 1 is 1.06 bits per heavy atom. The number of benzene rings is 1. The molecule has 0 aliphatic carbocycles. The number of carbonyl (C=O) groups is 1. The lowest BCUT2D eigenvalue weighted by atomic mass is 10.2. The minimum atomic E-state index is -0.255. The Bertz CT molecular complexity index is 941. The van der Waals surface area contributed by atoms with Crippen molar-refractivity contribution in [2.45, 2.75) is 19.4 Å². The zero-order valence-corrected chi connectivity index (χ0v) is 19.6. The number of aromatic nitrogens is 2. The molecule has 1 aromatic carbocycles. The molecule has 3 heterocycles. The largest absolute Gasteiger partial charge is 0.497 e. The molecule has 33 heavy (non-hydrogen) atoms. The molecule has 0 spiro atoms. The Labute approximate surface area is 194 Å². The molecule has 2 aliphatic heterocycles. The standard InChI is InChI=1S/C23H33N7O3/c1-28-8-10-29(11-9-28)7-5-4-6-24-22-25-15-17-16-30(23(31)27-21(17)26-22)18-12-19(32-2)14-20(13-18)33-3/h12-15H,4-11,16H2,1-3H3,(H2,24,25,26,27,31). The molecule has 0 radical (unpaired) electrons. The first-order valence-corrected chi connectivity index (χ1v) is 11.4. The van der Waals surface area contributed by atoms with Crippen LogP contribution in [0.5, 0.6) is 11.5 Å². The van der Waals surface area contributed by atoms with Crippen molar-refractivity contribution in [3.63, 3.8) is 0 Å². The number of rotatable bonds is 9. The van der Waals surface area contributed by atoms with Crippen LogP contribution in [0.2, 0.25) is 0 Å². The van der Waals surface area contributed by atoms with Gasteiger partial charge in [-0.05, 0) is 26.4 Å². The summed E-state index contributed by atoms with van der Waals surface area (Å²) in [6.45, 7) is 6.89. The highest BCUT2D eigenvalue weighted by atomic mass is 16.5. The second-order valence-electron chi connectivity index (χ2n) is 8.43. The molecule has 0 saturated carbocycles. The van der Waals surface area contributed by atoms with Gasteiger partial charge >= 0.3 is 6.03 Å². The van der Waals surface area contributed by atoms with E-state index >= 15 is 0 Å². The number of likely N-dealkylation sites (N-methyl/N-ethyl adjacent to an activating group) is 1. The first-order chi connectivity index (χ1) is 16.1. The zero-order valence-electron chi connectivity index (χ0n) is 19.6. The summed E-state index contributed by atoms with van der Waals surface area (Å²) < 4.78 is 10.7. The molecule has 1 fully saturated rings. The molecule has 4 rings (SSSR count). The van der Waals surface area contributed by atoms with Gasteiger partial charge in [-0.15, -0.1) is 0 Å². The van der Waals surface area contributed by atoms with E-state index in [-0.39, 0.29) is 6.03 Å². The number of carbonyl (C=O) groups excluding carboxylic acids is 1. The van der Waals surface area contributed by atoms with Crippen LogP contribution in [0.3, 0.4) is 0 Å². The summed E-state index contributed by atoms with van der Waals surface area (Å²) in [7, 11) is 5.34. The predicted molar refractivity (Wildman–Crippen MR) is 128 cm³/mol. The van der Waals surface area contributed by atoms with E-state index in [2.05, 4.69) is 37.4 Å². The number of anilines is 3. The minimum absolute atomic E-state index is 0.255. The summed E-state index contributed by atoms with van der Waals surface area (Å²) >= 11 is 0. The van der Waals surface area contributed by atoms with Crippen LogP contribution in [0.1, 0.15) is 18.4 Å². The molecule has 178 valence electrons. The third kappa shape index (κ3) is 5.82. The Morgan fingerprint density at radius 3 is 2.48 bits per heavy atom. The number of amides is 2. The third-order valence-corrected chi connectivity index (χ3v) is 6.09. The molecule has 10 heteroatoms. The van der Waals surface area contributed by atoms with Crippen LogP contribution in [-0.2, 0) is 6.54 Å². The summed E-state index contributed by atoms with van der Waals surface area (Å²) in [5.74, 6) is 2.31. The first-order valence-electron chi connectivity index (χ1n) is 11.4. The van der Waals surface area contributed by atoms with E-state index in [1.807, 2.05) is 0 Å². The Hall–Kier alpha value is -3.11. The Kier molecular flexibility index (Phi) is 7.46. The Balaban J connectivity index is 1.31. The summed E-state index contributed by atoms with van der Waals surface area (Å²) in [5.41, 5.74) is 1.52. The number of hydrogen-bond donors (Lipinski definition) is 2.